The van der Waals surface area contributed by atoms with E-state index in [4.69, 9.17) is 15.2 Å². The van der Waals surface area contributed by atoms with Crippen LogP contribution >= 0.6 is 0 Å². The van der Waals surface area contributed by atoms with Gasteiger partial charge in [-0.3, -0.25) is 4.79 Å². The van der Waals surface area contributed by atoms with Crippen molar-refractivity contribution in [3.63, 3.8) is 0 Å². The minimum Gasteiger partial charge on any atom is -0.486 e. The quantitative estimate of drug-likeness (QED) is 0.801. The number of fused-ring (bicyclic) bond motifs is 1. The Labute approximate surface area is 117 Å². The van der Waals surface area contributed by atoms with Crippen LogP contribution in [0.2, 0.25) is 0 Å². The smallest absolute Gasteiger partial charge is 0.227 e. The molecule has 0 spiro atoms. The molecule has 3 rings (SSSR count). The third-order valence-corrected chi connectivity index (χ3v) is 3.52. The largest absolute Gasteiger partial charge is 0.486 e. The molecule has 1 aromatic rings. The number of amides is 1. The van der Waals surface area contributed by atoms with Crippen LogP contribution in [-0.2, 0) is 4.79 Å². The van der Waals surface area contributed by atoms with Crippen molar-refractivity contribution >= 4 is 5.91 Å². The summed E-state index contributed by atoms with van der Waals surface area (Å²) in [7, 11) is 0. The van der Waals surface area contributed by atoms with Gasteiger partial charge in [-0.2, -0.15) is 0 Å². The fourth-order valence-corrected chi connectivity index (χ4v) is 2.43. The van der Waals surface area contributed by atoms with E-state index in [1.807, 2.05) is 36.4 Å². The van der Waals surface area contributed by atoms with Crippen LogP contribution in [0.3, 0.4) is 0 Å². The second-order valence-corrected chi connectivity index (χ2v) is 5.13. The third kappa shape index (κ3) is 2.77. The molecule has 3 atom stereocenters. The average Bonchev–Trinajstić information content (AvgIpc) is 2.91. The molecule has 1 aliphatic carbocycles. The van der Waals surface area contributed by atoms with Crippen LogP contribution in [0.25, 0.3) is 0 Å². The number of rotatable bonds is 3. The van der Waals surface area contributed by atoms with Crippen LogP contribution < -0.4 is 20.5 Å². The van der Waals surface area contributed by atoms with E-state index in [2.05, 4.69) is 5.32 Å². The van der Waals surface area contributed by atoms with E-state index in [0.717, 1.165) is 11.5 Å². The van der Waals surface area contributed by atoms with Gasteiger partial charge in [0.05, 0.1) is 12.5 Å². The maximum atomic E-state index is 12.0. The summed E-state index contributed by atoms with van der Waals surface area (Å²) in [5.41, 5.74) is 5.74. The van der Waals surface area contributed by atoms with Crippen LogP contribution in [0.15, 0.2) is 36.4 Å². The van der Waals surface area contributed by atoms with Crippen LogP contribution in [0, 0.1) is 5.92 Å². The van der Waals surface area contributed by atoms with Crippen LogP contribution in [0.5, 0.6) is 11.5 Å². The Morgan fingerprint density at radius 3 is 2.85 bits per heavy atom. The molecule has 0 aromatic heterocycles. The molecule has 0 fully saturated rings. The molecule has 0 saturated heterocycles. The van der Waals surface area contributed by atoms with Gasteiger partial charge in [0.15, 0.2) is 11.5 Å². The highest BCUT2D eigenvalue weighted by Gasteiger charge is 2.25. The van der Waals surface area contributed by atoms with E-state index in [0.29, 0.717) is 19.6 Å². The van der Waals surface area contributed by atoms with Gasteiger partial charge in [-0.15, -0.1) is 0 Å². The highest BCUT2D eigenvalue weighted by Crippen LogP contribution is 2.30. The van der Waals surface area contributed by atoms with E-state index < -0.39 is 0 Å². The van der Waals surface area contributed by atoms with Crippen molar-refractivity contribution in [3.8, 4) is 11.5 Å². The van der Waals surface area contributed by atoms with Crippen molar-refractivity contribution in [2.24, 2.45) is 11.7 Å². The normalized spacial score (nSPS) is 27.4. The third-order valence-electron chi connectivity index (χ3n) is 3.52. The zero-order valence-electron chi connectivity index (χ0n) is 11.1. The summed E-state index contributed by atoms with van der Waals surface area (Å²) in [5, 5.41) is 2.89. The second-order valence-electron chi connectivity index (χ2n) is 5.13. The molecule has 1 aliphatic heterocycles. The highest BCUT2D eigenvalue weighted by atomic mass is 16.6. The number of nitrogens with two attached hydrogens (primary N) is 1. The lowest BCUT2D eigenvalue weighted by molar-refractivity contribution is -0.124. The lowest BCUT2D eigenvalue weighted by Gasteiger charge is -2.26. The minimum absolute atomic E-state index is 0.00309. The predicted octanol–water partition coefficient (Wildman–Crippen LogP) is 0.846. The summed E-state index contributed by atoms with van der Waals surface area (Å²) in [6.07, 6.45) is 4.26. The van der Waals surface area contributed by atoms with Crippen LogP contribution in [0.4, 0.5) is 0 Å². The molecule has 0 radical (unpaired) electrons. The molecular weight excluding hydrogens is 256 g/mol. The SMILES string of the molecule is NC1C=CC(C(=O)NCC2COc3ccccc3O2)C1. The Hall–Kier alpha value is -2.01. The fraction of sp³-hybridized carbons (Fsp3) is 0.400. The van der Waals surface area contributed by atoms with E-state index in [1.54, 1.807) is 0 Å². The molecule has 3 N–H and O–H groups in total. The first kappa shape index (κ1) is 13.0. The molecular formula is C15H18N2O3. The number of benzene rings is 1. The van der Waals surface area contributed by atoms with Gasteiger partial charge in [-0.1, -0.05) is 24.3 Å². The first-order chi connectivity index (χ1) is 9.72. The zero-order valence-corrected chi connectivity index (χ0v) is 11.1. The van der Waals surface area contributed by atoms with Gasteiger partial charge in [0, 0.05) is 6.04 Å². The summed E-state index contributed by atoms with van der Waals surface area (Å²) in [6, 6.07) is 7.52. The maximum absolute atomic E-state index is 12.0. The van der Waals surface area contributed by atoms with Crippen LogP contribution in [0.1, 0.15) is 6.42 Å². The summed E-state index contributed by atoms with van der Waals surface area (Å²) >= 11 is 0. The lowest BCUT2D eigenvalue weighted by Crippen LogP contribution is -2.42. The number of carbonyl (C=O) groups excluding carboxylic acids is 1. The van der Waals surface area contributed by atoms with Gasteiger partial charge in [0.1, 0.15) is 12.7 Å². The topological polar surface area (TPSA) is 73.6 Å². The highest BCUT2D eigenvalue weighted by molar-refractivity contribution is 5.81. The monoisotopic (exact) mass is 274 g/mol. The van der Waals surface area contributed by atoms with Gasteiger partial charge >= 0.3 is 0 Å². The van der Waals surface area contributed by atoms with Gasteiger partial charge < -0.3 is 20.5 Å². The Morgan fingerprint density at radius 1 is 1.30 bits per heavy atom. The minimum atomic E-state index is -0.159. The molecule has 20 heavy (non-hydrogen) atoms. The fourth-order valence-electron chi connectivity index (χ4n) is 2.43. The number of hydrogen-bond acceptors (Lipinski definition) is 4. The number of carbonyl (C=O) groups is 1. The molecule has 0 bridgehead atoms. The van der Waals surface area contributed by atoms with Crippen molar-refractivity contribution in [2.45, 2.75) is 18.6 Å². The van der Waals surface area contributed by atoms with E-state index >= 15 is 0 Å². The summed E-state index contributed by atoms with van der Waals surface area (Å²) in [6.45, 7) is 0.879. The molecule has 3 unspecified atom stereocenters. The summed E-state index contributed by atoms with van der Waals surface area (Å²) in [4.78, 5) is 12.0. The number of ether oxygens (including phenoxy) is 2. The number of nitrogens with one attached hydrogen (secondary N) is 1. The molecule has 1 aromatic carbocycles. The predicted molar refractivity (Wildman–Crippen MR) is 74.6 cm³/mol. The zero-order chi connectivity index (χ0) is 13.9. The number of hydrogen-bond donors (Lipinski definition) is 2. The summed E-state index contributed by atoms with van der Waals surface area (Å²) < 4.78 is 11.4. The van der Waals surface area contributed by atoms with E-state index in [9.17, 15) is 4.79 Å². The van der Waals surface area contributed by atoms with Crippen molar-refractivity contribution in [2.75, 3.05) is 13.2 Å². The van der Waals surface area contributed by atoms with Crippen LogP contribution in [-0.4, -0.2) is 31.2 Å². The van der Waals surface area contributed by atoms with Gasteiger partial charge in [-0.25, -0.2) is 0 Å². The van der Waals surface area contributed by atoms with Crippen molar-refractivity contribution in [1.82, 2.24) is 5.32 Å². The Balaban J connectivity index is 1.50. The van der Waals surface area contributed by atoms with Crippen molar-refractivity contribution in [3.05, 3.63) is 36.4 Å². The molecule has 5 heteroatoms. The average molecular weight is 274 g/mol. The Bertz CT molecular complexity index is 530. The maximum Gasteiger partial charge on any atom is 0.227 e. The molecule has 1 amide bonds. The molecule has 0 saturated carbocycles. The van der Waals surface area contributed by atoms with Gasteiger partial charge in [0.25, 0.3) is 0 Å². The lowest BCUT2D eigenvalue weighted by atomic mass is 10.1. The molecule has 106 valence electrons. The van der Waals surface area contributed by atoms with E-state index in [1.165, 1.54) is 0 Å². The Morgan fingerprint density at radius 2 is 2.10 bits per heavy atom. The first-order valence-electron chi connectivity index (χ1n) is 6.82. The summed E-state index contributed by atoms with van der Waals surface area (Å²) in [5.74, 6) is 1.35. The molecule has 2 aliphatic rings. The van der Waals surface area contributed by atoms with Crippen molar-refractivity contribution in [1.29, 1.82) is 0 Å². The Kier molecular flexibility index (Phi) is 3.60. The standard InChI is InChI=1S/C15H18N2O3/c16-11-6-5-10(7-11)15(18)17-8-12-9-19-13-3-1-2-4-14(13)20-12/h1-6,10-12H,7-9,16H2,(H,17,18). The van der Waals surface area contributed by atoms with Gasteiger partial charge in [-0.05, 0) is 18.6 Å². The first-order valence-corrected chi connectivity index (χ1v) is 6.82. The van der Waals surface area contributed by atoms with E-state index in [-0.39, 0.29) is 24.0 Å². The molecule has 5 nitrogen and oxygen atoms in total. The second kappa shape index (κ2) is 5.54. The van der Waals surface area contributed by atoms with Gasteiger partial charge in [0.2, 0.25) is 5.91 Å². The van der Waals surface area contributed by atoms with Crippen molar-refractivity contribution < 1.29 is 14.3 Å². The molecule has 1 heterocycles. The number of para-hydroxylation sites is 2.